The minimum absolute atomic E-state index is 0.0116. The monoisotopic (exact) mass is 441 g/mol. The van der Waals surface area contributed by atoms with Gasteiger partial charge in [0.2, 0.25) is 0 Å². The van der Waals surface area contributed by atoms with E-state index in [0.717, 1.165) is 18.9 Å². The molecule has 2 atom stereocenters. The lowest BCUT2D eigenvalue weighted by molar-refractivity contribution is -0.140. The van der Waals surface area contributed by atoms with Crippen LogP contribution >= 0.6 is 0 Å². The molecule has 0 saturated carbocycles. The van der Waals surface area contributed by atoms with Crippen LogP contribution in [0.3, 0.4) is 0 Å². The minimum atomic E-state index is -0.927. The molecule has 0 spiro atoms. The normalized spacial score (nSPS) is 22.4. The first kappa shape index (κ1) is 21.8. The second kappa shape index (κ2) is 9.00. The standard InChI is InChI=1S/C24H24FNO6/c1-30-18-8-4-3-7-16(18)21-20(22(27)17-12-14(25)9-10-19(17)31-2)23(28)24(29)26(21)13-15-6-5-11-32-15/h3-4,7-10,12,15,21,27H,5-6,11,13H2,1-2H3/b22-20+. The van der Waals surface area contributed by atoms with E-state index >= 15 is 0 Å². The number of ketones is 1. The van der Waals surface area contributed by atoms with Crippen molar-refractivity contribution in [3.8, 4) is 11.5 Å². The first-order chi connectivity index (χ1) is 15.5. The average Bonchev–Trinajstić information content (AvgIpc) is 3.41. The topological polar surface area (TPSA) is 85.3 Å². The van der Waals surface area contributed by atoms with Crippen molar-refractivity contribution in [2.45, 2.75) is 25.0 Å². The summed E-state index contributed by atoms with van der Waals surface area (Å²) in [6.07, 6.45) is 1.42. The zero-order valence-corrected chi connectivity index (χ0v) is 17.8. The second-order valence-corrected chi connectivity index (χ2v) is 7.67. The number of ether oxygens (including phenoxy) is 3. The third-order valence-corrected chi connectivity index (χ3v) is 5.81. The van der Waals surface area contributed by atoms with Gasteiger partial charge in [0.15, 0.2) is 0 Å². The van der Waals surface area contributed by atoms with Crippen LogP contribution in [-0.4, -0.2) is 55.2 Å². The Balaban J connectivity index is 1.91. The molecular formula is C24H24FNO6. The van der Waals surface area contributed by atoms with Crippen molar-refractivity contribution in [3.05, 3.63) is 65.0 Å². The highest BCUT2D eigenvalue weighted by Gasteiger charge is 2.48. The molecule has 0 aliphatic carbocycles. The quantitative estimate of drug-likeness (QED) is 0.420. The summed E-state index contributed by atoms with van der Waals surface area (Å²) in [5, 5.41) is 11.2. The minimum Gasteiger partial charge on any atom is -0.507 e. The number of carbonyl (C=O) groups excluding carboxylic acids is 2. The maximum Gasteiger partial charge on any atom is 0.295 e. The van der Waals surface area contributed by atoms with E-state index in [0.29, 0.717) is 17.9 Å². The summed E-state index contributed by atoms with van der Waals surface area (Å²) in [6.45, 7) is 0.777. The van der Waals surface area contributed by atoms with Crippen molar-refractivity contribution < 1.29 is 33.3 Å². The molecule has 2 aliphatic rings. The van der Waals surface area contributed by atoms with E-state index in [1.165, 1.54) is 31.3 Å². The number of halogens is 1. The number of hydrogen-bond donors (Lipinski definition) is 1. The first-order valence-corrected chi connectivity index (χ1v) is 10.3. The Kier molecular flexibility index (Phi) is 6.14. The van der Waals surface area contributed by atoms with E-state index in [1.54, 1.807) is 24.3 Å². The van der Waals surface area contributed by atoms with Gasteiger partial charge in [0.1, 0.15) is 23.1 Å². The molecule has 168 valence electrons. The Morgan fingerprint density at radius 3 is 2.59 bits per heavy atom. The van der Waals surface area contributed by atoms with Crippen LogP contribution in [0.4, 0.5) is 4.39 Å². The number of rotatable bonds is 6. The van der Waals surface area contributed by atoms with Crippen molar-refractivity contribution >= 4 is 17.4 Å². The maximum atomic E-state index is 14.0. The Bertz CT molecular complexity index is 1080. The Hall–Kier alpha value is -3.39. The highest BCUT2D eigenvalue weighted by molar-refractivity contribution is 6.46. The number of aliphatic hydroxyl groups is 1. The molecule has 2 unspecified atom stereocenters. The lowest BCUT2D eigenvalue weighted by Gasteiger charge is -2.28. The Labute approximate surface area is 185 Å². The number of amides is 1. The van der Waals surface area contributed by atoms with Crippen LogP contribution in [0, 0.1) is 5.82 Å². The molecular weight excluding hydrogens is 417 g/mol. The lowest BCUT2D eigenvalue weighted by Crippen LogP contribution is -2.36. The smallest absolute Gasteiger partial charge is 0.295 e. The van der Waals surface area contributed by atoms with E-state index in [1.807, 2.05) is 0 Å². The van der Waals surface area contributed by atoms with Gasteiger partial charge in [-0.05, 0) is 37.1 Å². The molecule has 2 aromatic rings. The van der Waals surface area contributed by atoms with Crippen LogP contribution in [0.15, 0.2) is 48.0 Å². The van der Waals surface area contributed by atoms with Gasteiger partial charge in [-0.1, -0.05) is 18.2 Å². The zero-order valence-electron chi connectivity index (χ0n) is 17.8. The van der Waals surface area contributed by atoms with Crippen LogP contribution < -0.4 is 9.47 Å². The lowest BCUT2D eigenvalue weighted by atomic mass is 9.94. The van der Waals surface area contributed by atoms with E-state index < -0.39 is 29.3 Å². The van der Waals surface area contributed by atoms with Gasteiger partial charge in [-0.2, -0.15) is 0 Å². The van der Waals surface area contributed by atoms with E-state index in [4.69, 9.17) is 14.2 Å². The highest BCUT2D eigenvalue weighted by atomic mass is 19.1. The average molecular weight is 441 g/mol. The predicted octanol–water partition coefficient (Wildman–Crippen LogP) is 3.44. The summed E-state index contributed by atoms with van der Waals surface area (Å²) in [5.41, 5.74) is 0.369. The van der Waals surface area contributed by atoms with Crippen molar-refractivity contribution in [2.75, 3.05) is 27.4 Å². The number of hydrogen-bond acceptors (Lipinski definition) is 6. The molecule has 2 aliphatic heterocycles. The molecule has 0 aromatic heterocycles. The molecule has 1 N–H and O–H groups in total. The van der Waals surface area contributed by atoms with Crippen molar-refractivity contribution in [2.24, 2.45) is 0 Å². The molecule has 2 heterocycles. The van der Waals surface area contributed by atoms with Gasteiger partial charge in [-0.3, -0.25) is 9.59 Å². The van der Waals surface area contributed by atoms with Crippen molar-refractivity contribution in [1.29, 1.82) is 0 Å². The number of methoxy groups -OCH3 is 2. The molecule has 2 saturated heterocycles. The molecule has 0 bridgehead atoms. The van der Waals surface area contributed by atoms with Crippen molar-refractivity contribution in [1.82, 2.24) is 4.90 Å². The van der Waals surface area contributed by atoms with Gasteiger partial charge in [-0.25, -0.2) is 4.39 Å². The molecule has 8 heteroatoms. The SMILES string of the molecule is COc1ccc(F)cc1/C(O)=C1\C(=O)C(=O)N(CC2CCCO2)C1c1ccccc1OC. The fraction of sp³-hybridized carbons (Fsp3) is 0.333. The number of nitrogens with zero attached hydrogens (tertiary/aromatic N) is 1. The molecule has 2 aromatic carbocycles. The second-order valence-electron chi connectivity index (χ2n) is 7.67. The summed E-state index contributed by atoms with van der Waals surface area (Å²) < 4.78 is 30.4. The maximum absolute atomic E-state index is 14.0. The van der Waals surface area contributed by atoms with E-state index in [2.05, 4.69) is 0 Å². The molecule has 1 amide bonds. The van der Waals surface area contributed by atoms with Gasteiger partial charge in [-0.15, -0.1) is 0 Å². The first-order valence-electron chi connectivity index (χ1n) is 10.3. The van der Waals surface area contributed by atoms with Gasteiger partial charge < -0.3 is 24.2 Å². The van der Waals surface area contributed by atoms with Gasteiger partial charge >= 0.3 is 0 Å². The van der Waals surface area contributed by atoms with Crippen molar-refractivity contribution in [3.63, 3.8) is 0 Å². The van der Waals surface area contributed by atoms with Crippen LogP contribution in [0.5, 0.6) is 11.5 Å². The predicted molar refractivity (Wildman–Crippen MR) is 114 cm³/mol. The molecule has 2 fully saturated rings. The Morgan fingerprint density at radius 2 is 1.91 bits per heavy atom. The van der Waals surface area contributed by atoms with Gasteiger partial charge in [0, 0.05) is 18.7 Å². The highest BCUT2D eigenvalue weighted by Crippen LogP contribution is 2.44. The summed E-state index contributed by atoms with van der Waals surface area (Å²) in [6, 6.07) is 9.65. The third-order valence-electron chi connectivity index (χ3n) is 5.81. The Morgan fingerprint density at radius 1 is 1.16 bits per heavy atom. The van der Waals surface area contributed by atoms with E-state index in [9.17, 15) is 19.1 Å². The zero-order chi connectivity index (χ0) is 22.8. The molecule has 0 radical (unpaired) electrons. The molecule has 4 rings (SSSR count). The fourth-order valence-corrected chi connectivity index (χ4v) is 4.30. The summed E-state index contributed by atoms with van der Waals surface area (Å²) >= 11 is 0. The van der Waals surface area contributed by atoms with Crippen LogP contribution in [0.25, 0.3) is 5.76 Å². The number of benzene rings is 2. The summed E-state index contributed by atoms with van der Waals surface area (Å²) in [4.78, 5) is 27.6. The van der Waals surface area contributed by atoms with Gasteiger partial charge in [0.25, 0.3) is 11.7 Å². The largest absolute Gasteiger partial charge is 0.507 e. The number of likely N-dealkylation sites (tertiary alicyclic amines) is 1. The van der Waals surface area contributed by atoms with Crippen LogP contribution in [0.1, 0.15) is 30.0 Å². The molecule has 7 nitrogen and oxygen atoms in total. The van der Waals surface area contributed by atoms with Crippen LogP contribution in [-0.2, 0) is 14.3 Å². The number of carbonyl (C=O) groups is 2. The molecule has 32 heavy (non-hydrogen) atoms. The summed E-state index contributed by atoms with van der Waals surface area (Å²) in [7, 11) is 2.86. The third kappa shape index (κ3) is 3.82. The van der Waals surface area contributed by atoms with E-state index in [-0.39, 0.29) is 29.5 Å². The summed E-state index contributed by atoms with van der Waals surface area (Å²) in [5.74, 6) is -2.11. The number of aliphatic hydroxyl groups excluding tert-OH is 1. The fourth-order valence-electron chi connectivity index (χ4n) is 4.30. The number of Topliss-reactive ketones (excluding diaryl/α,β-unsaturated/α-hetero) is 1. The van der Waals surface area contributed by atoms with Gasteiger partial charge in [0.05, 0.1) is 37.5 Å². The number of para-hydroxylation sites is 1. The van der Waals surface area contributed by atoms with Crippen LogP contribution in [0.2, 0.25) is 0 Å².